The molecule has 2 N–H and O–H groups in total. The van der Waals surface area contributed by atoms with Crippen LogP contribution in [0.2, 0.25) is 0 Å². The summed E-state index contributed by atoms with van der Waals surface area (Å²) in [5.41, 5.74) is 2.47. The number of benzene rings is 3. The zero-order valence-corrected chi connectivity index (χ0v) is 17.6. The Morgan fingerprint density at radius 1 is 0.969 bits per heavy atom. The van der Waals surface area contributed by atoms with Crippen LogP contribution in [-0.4, -0.2) is 26.8 Å². The fourth-order valence-electron chi connectivity index (χ4n) is 3.21. The van der Waals surface area contributed by atoms with Gasteiger partial charge in [0.25, 0.3) is 11.1 Å². The Morgan fingerprint density at radius 3 is 2.69 bits per heavy atom. The van der Waals surface area contributed by atoms with Crippen molar-refractivity contribution in [1.29, 1.82) is 0 Å². The van der Waals surface area contributed by atoms with Crippen molar-refractivity contribution in [1.82, 2.24) is 15.2 Å². The van der Waals surface area contributed by atoms with Gasteiger partial charge in [0, 0.05) is 28.9 Å². The highest BCUT2D eigenvalue weighted by atomic mass is 32.2. The van der Waals surface area contributed by atoms with Gasteiger partial charge in [-0.15, -0.1) is 10.2 Å². The molecule has 158 valence electrons. The first kappa shape index (κ1) is 19.9. The highest BCUT2D eigenvalue weighted by Gasteiger charge is 2.14. The SMILES string of the molecule is O=C(CSc1nnc(-c2c[nH]c3ccccc23)o1)Nc1cccc(Oc2ccccc2)c1. The summed E-state index contributed by atoms with van der Waals surface area (Å²) < 4.78 is 11.5. The van der Waals surface area contributed by atoms with Crippen LogP contribution in [0.5, 0.6) is 11.5 Å². The number of rotatable bonds is 7. The van der Waals surface area contributed by atoms with Gasteiger partial charge in [-0.3, -0.25) is 4.79 Å². The fourth-order valence-corrected chi connectivity index (χ4v) is 3.77. The maximum absolute atomic E-state index is 12.4. The fraction of sp³-hybridized carbons (Fsp3) is 0.0417. The molecule has 5 rings (SSSR count). The number of thioether (sulfide) groups is 1. The summed E-state index contributed by atoms with van der Waals surface area (Å²) in [6.45, 7) is 0. The molecule has 2 aromatic heterocycles. The highest BCUT2D eigenvalue weighted by molar-refractivity contribution is 7.99. The minimum absolute atomic E-state index is 0.138. The van der Waals surface area contributed by atoms with Gasteiger partial charge in [-0.05, 0) is 30.3 Å². The number of aromatic amines is 1. The molecule has 32 heavy (non-hydrogen) atoms. The Kier molecular flexibility index (Phi) is 5.59. The Hall–Kier alpha value is -4.04. The van der Waals surface area contributed by atoms with E-state index in [1.807, 2.05) is 79.0 Å². The number of nitrogens with zero attached hydrogens (tertiary/aromatic N) is 2. The van der Waals surface area contributed by atoms with Gasteiger partial charge in [-0.2, -0.15) is 0 Å². The first-order valence-corrected chi connectivity index (χ1v) is 10.9. The van der Waals surface area contributed by atoms with Crippen LogP contribution < -0.4 is 10.1 Å². The van der Waals surface area contributed by atoms with Crippen LogP contribution in [0.4, 0.5) is 5.69 Å². The Balaban J connectivity index is 1.19. The molecule has 0 saturated carbocycles. The smallest absolute Gasteiger partial charge is 0.277 e. The zero-order valence-electron chi connectivity index (χ0n) is 16.8. The lowest BCUT2D eigenvalue weighted by atomic mass is 10.2. The van der Waals surface area contributed by atoms with Crippen LogP contribution in [0.1, 0.15) is 0 Å². The van der Waals surface area contributed by atoms with E-state index in [1.54, 1.807) is 6.07 Å². The topological polar surface area (TPSA) is 93.0 Å². The number of nitrogens with one attached hydrogen (secondary N) is 2. The van der Waals surface area contributed by atoms with Crippen molar-refractivity contribution in [3.8, 4) is 23.0 Å². The third kappa shape index (κ3) is 4.50. The highest BCUT2D eigenvalue weighted by Crippen LogP contribution is 2.29. The van der Waals surface area contributed by atoms with Crippen molar-refractivity contribution in [2.75, 3.05) is 11.1 Å². The number of H-pyrrole nitrogens is 1. The number of carbonyl (C=O) groups is 1. The van der Waals surface area contributed by atoms with Crippen LogP contribution in [0.3, 0.4) is 0 Å². The Bertz CT molecular complexity index is 1360. The van der Waals surface area contributed by atoms with E-state index < -0.39 is 0 Å². The lowest BCUT2D eigenvalue weighted by Crippen LogP contribution is -2.13. The van der Waals surface area contributed by atoms with E-state index in [1.165, 1.54) is 11.8 Å². The molecule has 0 aliphatic rings. The number of aromatic nitrogens is 3. The summed E-state index contributed by atoms with van der Waals surface area (Å²) in [5, 5.41) is 12.4. The first-order chi connectivity index (χ1) is 15.7. The number of hydrogen-bond acceptors (Lipinski definition) is 6. The molecule has 0 aliphatic carbocycles. The molecule has 0 unspecified atom stereocenters. The van der Waals surface area contributed by atoms with Gasteiger partial charge in [0.05, 0.1) is 11.3 Å². The Labute approximate surface area is 187 Å². The molecule has 0 bridgehead atoms. The lowest BCUT2D eigenvalue weighted by Gasteiger charge is -2.08. The standard InChI is InChI=1S/C24H18N4O3S/c29-22(26-16-7-6-10-18(13-16)30-17-8-2-1-3-9-17)15-32-24-28-27-23(31-24)20-14-25-21-12-5-4-11-19(20)21/h1-14,25H,15H2,(H,26,29). The van der Waals surface area contributed by atoms with Crippen molar-refractivity contribution < 1.29 is 13.9 Å². The number of fused-ring (bicyclic) bond motifs is 1. The predicted octanol–water partition coefficient (Wildman–Crippen LogP) is 5.74. The Morgan fingerprint density at radius 2 is 1.78 bits per heavy atom. The molecule has 5 aromatic rings. The van der Waals surface area contributed by atoms with Gasteiger partial charge in [0.2, 0.25) is 5.91 Å². The molecule has 3 aromatic carbocycles. The van der Waals surface area contributed by atoms with E-state index in [9.17, 15) is 4.79 Å². The van der Waals surface area contributed by atoms with E-state index in [-0.39, 0.29) is 11.7 Å². The van der Waals surface area contributed by atoms with Crippen LogP contribution in [-0.2, 0) is 4.79 Å². The number of amides is 1. The van der Waals surface area contributed by atoms with Gasteiger partial charge >= 0.3 is 0 Å². The monoisotopic (exact) mass is 442 g/mol. The van der Waals surface area contributed by atoms with E-state index in [4.69, 9.17) is 9.15 Å². The molecule has 0 spiro atoms. The molecule has 0 aliphatic heterocycles. The normalized spacial score (nSPS) is 10.9. The van der Waals surface area contributed by atoms with Gasteiger partial charge in [0.1, 0.15) is 11.5 Å². The minimum Gasteiger partial charge on any atom is -0.457 e. The van der Waals surface area contributed by atoms with E-state index in [2.05, 4.69) is 20.5 Å². The quantitative estimate of drug-likeness (QED) is 0.312. The van der Waals surface area contributed by atoms with Crippen molar-refractivity contribution in [2.24, 2.45) is 0 Å². The molecular formula is C24H18N4O3S. The van der Waals surface area contributed by atoms with Crippen LogP contribution in [0.15, 0.2) is 94.7 Å². The molecule has 0 fully saturated rings. The third-order valence-corrected chi connectivity index (χ3v) is 5.47. The first-order valence-electron chi connectivity index (χ1n) is 9.90. The summed E-state index contributed by atoms with van der Waals surface area (Å²) in [7, 11) is 0. The minimum atomic E-state index is -0.182. The molecule has 2 heterocycles. The van der Waals surface area contributed by atoms with Gasteiger partial charge in [-0.1, -0.05) is 54.2 Å². The maximum atomic E-state index is 12.4. The van der Waals surface area contributed by atoms with Gasteiger partial charge < -0.3 is 19.5 Å². The molecular weight excluding hydrogens is 424 g/mol. The van der Waals surface area contributed by atoms with Crippen molar-refractivity contribution >= 4 is 34.3 Å². The molecule has 0 radical (unpaired) electrons. The summed E-state index contributed by atoms with van der Waals surface area (Å²) in [6.07, 6.45) is 1.84. The van der Waals surface area contributed by atoms with Gasteiger partial charge in [0.15, 0.2) is 0 Å². The van der Waals surface area contributed by atoms with E-state index in [0.29, 0.717) is 22.6 Å². The maximum Gasteiger partial charge on any atom is 0.277 e. The second kappa shape index (κ2) is 8.99. The number of ether oxygens (including phenoxy) is 1. The molecule has 1 amide bonds. The average Bonchev–Trinajstić information content (AvgIpc) is 3.45. The number of anilines is 1. The average molecular weight is 443 g/mol. The number of carbonyl (C=O) groups excluding carboxylic acids is 1. The van der Waals surface area contributed by atoms with E-state index in [0.717, 1.165) is 22.2 Å². The summed E-state index contributed by atoms with van der Waals surface area (Å²) in [6, 6.07) is 24.6. The molecule has 0 saturated heterocycles. The van der Waals surface area contributed by atoms with Crippen LogP contribution in [0.25, 0.3) is 22.4 Å². The third-order valence-electron chi connectivity index (χ3n) is 4.65. The van der Waals surface area contributed by atoms with E-state index >= 15 is 0 Å². The molecule has 0 atom stereocenters. The van der Waals surface area contributed by atoms with Gasteiger partial charge in [-0.25, -0.2) is 0 Å². The number of hydrogen-bond donors (Lipinski definition) is 2. The molecule has 7 nitrogen and oxygen atoms in total. The predicted molar refractivity (Wildman–Crippen MR) is 124 cm³/mol. The molecule has 8 heteroatoms. The number of para-hydroxylation sites is 2. The van der Waals surface area contributed by atoms with Crippen molar-refractivity contribution in [2.45, 2.75) is 5.22 Å². The van der Waals surface area contributed by atoms with Crippen molar-refractivity contribution in [3.05, 3.63) is 85.1 Å². The summed E-state index contributed by atoms with van der Waals surface area (Å²) >= 11 is 1.18. The second-order valence-corrected chi connectivity index (χ2v) is 7.83. The largest absolute Gasteiger partial charge is 0.457 e. The summed E-state index contributed by atoms with van der Waals surface area (Å²) in [4.78, 5) is 15.6. The van der Waals surface area contributed by atoms with Crippen molar-refractivity contribution in [3.63, 3.8) is 0 Å². The summed E-state index contributed by atoms with van der Waals surface area (Å²) in [5.74, 6) is 1.74. The zero-order chi connectivity index (χ0) is 21.8. The van der Waals surface area contributed by atoms with Crippen LogP contribution in [0, 0.1) is 0 Å². The lowest BCUT2D eigenvalue weighted by molar-refractivity contribution is -0.113. The second-order valence-electron chi connectivity index (χ2n) is 6.90. The van der Waals surface area contributed by atoms with Crippen LogP contribution >= 0.6 is 11.8 Å².